The number of benzene rings is 1. The van der Waals surface area contributed by atoms with Crippen LogP contribution in [0.4, 0.5) is 0 Å². The van der Waals surface area contributed by atoms with Crippen LogP contribution in [0.3, 0.4) is 0 Å². The van der Waals surface area contributed by atoms with Crippen molar-refractivity contribution in [2.24, 2.45) is 0 Å². The second kappa shape index (κ2) is 6.42. The number of hydrogen-bond donors (Lipinski definition) is 0. The van der Waals surface area contributed by atoms with E-state index in [-0.39, 0.29) is 5.91 Å². The summed E-state index contributed by atoms with van der Waals surface area (Å²) in [6.07, 6.45) is 3.28. The second-order valence-electron chi connectivity index (χ2n) is 4.60. The molecule has 1 aliphatic rings. The van der Waals surface area contributed by atoms with Gasteiger partial charge in [0.1, 0.15) is 0 Å². The lowest BCUT2D eigenvalue weighted by Gasteiger charge is -2.31. The zero-order chi connectivity index (χ0) is 13.8. The average molecular weight is 299 g/mol. The molecule has 1 amide bonds. The van der Waals surface area contributed by atoms with Gasteiger partial charge in [0.15, 0.2) is 0 Å². The van der Waals surface area contributed by atoms with Crippen LogP contribution in [0.1, 0.15) is 5.56 Å². The Kier molecular flexibility index (Phi) is 4.86. The maximum Gasteiger partial charge on any atom is 0.246 e. The molecule has 0 aromatic heterocycles. The summed E-state index contributed by atoms with van der Waals surface area (Å²) in [5.41, 5.74) is 0.761. The van der Waals surface area contributed by atoms with Gasteiger partial charge in [-0.25, -0.2) is 0 Å². The maximum absolute atomic E-state index is 12.0. The molecule has 1 aliphatic heterocycles. The van der Waals surface area contributed by atoms with Gasteiger partial charge in [0.05, 0.1) is 10.0 Å². The number of hydrogen-bond acceptors (Lipinski definition) is 2. The van der Waals surface area contributed by atoms with Crippen molar-refractivity contribution in [1.82, 2.24) is 9.80 Å². The van der Waals surface area contributed by atoms with Crippen LogP contribution < -0.4 is 0 Å². The standard InChI is InChI=1S/C14H16Cl2N2O/c1-17-7-9-18(10-8-17)13(19)6-5-11-3-2-4-12(15)14(11)16/h2-6H,7-10H2,1H3/b6-5+. The quantitative estimate of drug-likeness (QED) is 0.784. The minimum atomic E-state index is 0.0177. The van der Waals surface area contributed by atoms with Crippen molar-refractivity contribution in [3.63, 3.8) is 0 Å². The third-order valence-corrected chi connectivity index (χ3v) is 4.04. The Morgan fingerprint density at radius 2 is 1.89 bits per heavy atom. The number of likely N-dealkylation sites (N-methyl/N-ethyl adjacent to an activating group) is 1. The van der Waals surface area contributed by atoms with E-state index in [9.17, 15) is 4.79 Å². The Morgan fingerprint density at radius 1 is 1.21 bits per heavy atom. The van der Waals surface area contributed by atoms with Gasteiger partial charge in [0.25, 0.3) is 0 Å². The number of amides is 1. The third-order valence-electron chi connectivity index (χ3n) is 3.20. The number of carbonyl (C=O) groups is 1. The van der Waals surface area contributed by atoms with E-state index < -0.39 is 0 Å². The van der Waals surface area contributed by atoms with E-state index in [1.54, 1.807) is 18.2 Å². The maximum atomic E-state index is 12.0. The number of nitrogens with zero attached hydrogens (tertiary/aromatic N) is 2. The second-order valence-corrected chi connectivity index (χ2v) is 5.39. The molecule has 1 aromatic carbocycles. The molecule has 0 radical (unpaired) electrons. The normalized spacial score (nSPS) is 17.1. The molecule has 0 spiro atoms. The largest absolute Gasteiger partial charge is 0.337 e. The van der Waals surface area contributed by atoms with Crippen molar-refractivity contribution >= 4 is 35.2 Å². The molecule has 3 nitrogen and oxygen atoms in total. The highest BCUT2D eigenvalue weighted by Gasteiger charge is 2.16. The summed E-state index contributed by atoms with van der Waals surface area (Å²) in [6, 6.07) is 5.37. The number of rotatable bonds is 2. The molecule has 0 bridgehead atoms. The van der Waals surface area contributed by atoms with Gasteiger partial charge in [-0.1, -0.05) is 35.3 Å². The van der Waals surface area contributed by atoms with E-state index >= 15 is 0 Å². The molecule has 1 aromatic rings. The van der Waals surface area contributed by atoms with Crippen molar-refractivity contribution in [3.05, 3.63) is 39.9 Å². The van der Waals surface area contributed by atoms with E-state index in [0.717, 1.165) is 31.7 Å². The highest BCUT2D eigenvalue weighted by molar-refractivity contribution is 6.42. The smallest absolute Gasteiger partial charge is 0.246 e. The Morgan fingerprint density at radius 3 is 2.58 bits per heavy atom. The van der Waals surface area contributed by atoms with E-state index in [0.29, 0.717) is 10.0 Å². The molecule has 1 heterocycles. The first-order valence-corrected chi connectivity index (χ1v) is 6.93. The summed E-state index contributed by atoms with van der Waals surface area (Å²) >= 11 is 12.0. The van der Waals surface area contributed by atoms with Crippen molar-refractivity contribution in [2.75, 3.05) is 33.2 Å². The Bertz CT molecular complexity index is 494. The van der Waals surface area contributed by atoms with Crippen LogP contribution in [0.25, 0.3) is 6.08 Å². The highest BCUT2D eigenvalue weighted by atomic mass is 35.5. The topological polar surface area (TPSA) is 23.6 Å². The molecular weight excluding hydrogens is 283 g/mol. The predicted octanol–water partition coefficient (Wildman–Crippen LogP) is 2.78. The molecule has 0 saturated carbocycles. The minimum absolute atomic E-state index is 0.0177. The lowest BCUT2D eigenvalue weighted by atomic mass is 10.2. The number of carbonyl (C=O) groups excluding carboxylic acids is 1. The molecular formula is C14H16Cl2N2O. The predicted molar refractivity (Wildman–Crippen MR) is 79.6 cm³/mol. The third kappa shape index (κ3) is 3.72. The molecule has 2 rings (SSSR count). The van der Waals surface area contributed by atoms with Gasteiger partial charge in [-0.15, -0.1) is 0 Å². The fraction of sp³-hybridized carbons (Fsp3) is 0.357. The van der Waals surface area contributed by atoms with Crippen LogP contribution >= 0.6 is 23.2 Å². The van der Waals surface area contributed by atoms with Gasteiger partial charge in [0, 0.05) is 32.3 Å². The Labute approximate surface area is 123 Å². The number of piperazine rings is 1. The van der Waals surface area contributed by atoms with Gasteiger partial charge in [-0.05, 0) is 24.8 Å². The molecule has 102 valence electrons. The fourth-order valence-electron chi connectivity index (χ4n) is 1.94. The molecule has 0 N–H and O–H groups in total. The summed E-state index contributed by atoms with van der Waals surface area (Å²) in [5, 5.41) is 0.974. The molecule has 19 heavy (non-hydrogen) atoms. The van der Waals surface area contributed by atoms with Gasteiger partial charge in [-0.3, -0.25) is 4.79 Å². The van der Waals surface area contributed by atoms with Crippen molar-refractivity contribution < 1.29 is 4.79 Å². The first kappa shape index (κ1) is 14.4. The lowest BCUT2D eigenvalue weighted by molar-refractivity contribution is -0.127. The molecule has 0 unspecified atom stereocenters. The van der Waals surface area contributed by atoms with Crippen LogP contribution in [-0.4, -0.2) is 48.9 Å². The van der Waals surface area contributed by atoms with Crippen LogP contribution in [0.5, 0.6) is 0 Å². The van der Waals surface area contributed by atoms with E-state index in [2.05, 4.69) is 11.9 Å². The van der Waals surface area contributed by atoms with Gasteiger partial charge >= 0.3 is 0 Å². The summed E-state index contributed by atoms with van der Waals surface area (Å²) in [4.78, 5) is 16.1. The molecule has 1 saturated heterocycles. The van der Waals surface area contributed by atoms with Crippen LogP contribution in [0.2, 0.25) is 10.0 Å². The van der Waals surface area contributed by atoms with Gasteiger partial charge in [-0.2, -0.15) is 0 Å². The van der Waals surface area contributed by atoms with Gasteiger partial charge < -0.3 is 9.80 Å². The van der Waals surface area contributed by atoms with Crippen LogP contribution in [0.15, 0.2) is 24.3 Å². The zero-order valence-electron chi connectivity index (χ0n) is 10.8. The summed E-state index contributed by atoms with van der Waals surface area (Å²) in [7, 11) is 2.06. The van der Waals surface area contributed by atoms with Gasteiger partial charge in [0.2, 0.25) is 5.91 Å². The zero-order valence-corrected chi connectivity index (χ0v) is 12.3. The first-order valence-electron chi connectivity index (χ1n) is 6.17. The first-order chi connectivity index (χ1) is 9.08. The monoisotopic (exact) mass is 298 g/mol. The highest BCUT2D eigenvalue weighted by Crippen LogP contribution is 2.26. The van der Waals surface area contributed by atoms with Crippen molar-refractivity contribution in [1.29, 1.82) is 0 Å². The van der Waals surface area contributed by atoms with E-state index in [1.165, 1.54) is 0 Å². The average Bonchev–Trinajstić information content (AvgIpc) is 2.41. The summed E-state index contributed by atoms with van der Waals surface area (Å²) in [5.74, 6) is 0.0177. The molecule has 5 heteroatoms. The molecule has 0 aliphatic carbocycles. The fourth-order valence-corrected chi connectivity index (χ4v) is 2.31. The molecule has 1 fully saturated rings. The van der Waals surface area contributed by atoms with Crippen molar-refractivity contribution in [3.8, 4) is 0 Å². The van der Waals surface area contributed by atoms with Crippen LogP contribution in [-0.2, 0) is 4.79 Å². The minimum Gasteiger partial charge on any atom is -0.337 e. The number of halogens is 2. The lowest BCUT2D eigenvalue weighted by Crippen LogP contribution is -2.46. The summed E-state index contributed by atoms with van der Waals surface area (Å²) in [6.45, 7) is 3.36. The van der Waals surface area contributed by atoms with Crippen LogP contribution in [0, 0.1) is 0 Å². The summed E-state index contributed by atoms with van der Waals surface area (Å²) < 4.78 is 0. The molecule has 0 atom stereocenters. The Hall–Kier alpha value is -1.03. The van der Waals surface area contributed by atoms with E-state index in [4.69, 9.17) is 23.2 Å². The van der Waals surface area contributed by atoms with Crippen molar-refractivity contribution in [2.45, 2.75) is 0 Å². The van der Waals surface area contributed by atoms with E-state index in [1.807, 2.05) is 17.0 Å². The Balaban J connectivity index is 2.02. The SMILES string of the molecule is CN1CCN(C(=O)/C=C/c2cccc(Cl)c2Cl)CC1.